The van der Waals surface area contributed by atoms with Crippen LogP contribution in [0, 0.1) is 0 Å². The van der Waals surface area contributed by atoms with E-state index in [0.29, 0.717) is 23.7 Å². The van der Waals surface area contributed by atoms with Crippen LogP contribution >= 0.6 is 0 Å². The highest BCUT2D eigenvalue weighted by molar-refractivity contribution is 5.93. The maximum absolute atomic E-state index is 12.4. The van der Waals surface area contributed by atoms with E-state index in [-0.39, 0.29) is 5.91 Å². The molecule has 0 atom stereocenters. The molecule has 0 bridgehead atoms. The van der Waals surface area contributed by atoms with E-state index in [1.165, 1.54) is 5.69 Å². The van der Waals surface area contributed by atoms with Gasteiger partial charge in [0.1, 0.15) is 11.5 Å². The molecule has 1 N–H and O–H groups in total. The molecule has 1 saturated heterocycles. The fraction of sp³-hybridized carbons (Fsp3) is 0.350. The Morgan fingerprint density at radius 3 is 2.38 bits per heavy atom. The Kier molecular flexibility index (Phi) is 5.96. The van der Waals surface area contributed by atoms with Crippen LogP contribution in [0.15, 0.2) is 48.5 Å². The van der Waals surface area contributed by atoms with Gasteiger partial charge in [0.15, 0.2) is 0 Å². The van der Waals surface area contributed by atoms with Crippen molar-refractivity contribution in [2.24, 2.45) is 0 Å². The first-order valence-corrected chi connectivity index (χ1v) is 8.74. The van der Waals surface area contributed by atoms with Crippen molar-refractivity contribution in [1.29, 1.82) is 0 Å². The first-order valence-electron chi connectivity index (χ1n) is 8.74. The van der Waals surface area contributed by atoms with Crippen molar-refractivity contribution in [1.82, 2.24) is 4.90 Å². The standard InChI is InChI=1S/C20H25N3O3/c1-25-17-8-9-18(19(14-17)26-2)21-20(24)15-22-10-12-23(13-11-22)16-6-4-3-5-7-16/h3-9,14H,10-13,15H2,1-2H3,(H,21,24). The molecule has 1 amide bonds. The molecule has 2 aromatic carbocycles. The highest BCUT2D eigenvalue weighted by Crippen LogP contribution is 2.29. The Hall–Kier alpha value is -2.73. The Morgan fingerprint density at radius 1 is 1.00 bits per heavy atom. The molecule has 0 aromatic heterocycles. The number of nitrogens with zero attached hydrogens (tertiary/aromatic N) is 2. The number of hydrogen-bond acceptors (Lipinski definition) is 5. The van der Waals surface area contributed by atoms with E-state index >= 15 is 0 Å². The monoisotopic (exact) mass is 355 g/mol. The van der Waals surface area contributed by atoms with Crippen molar-refractivity contribution >= 4 is 17.3 Å². The lowest BCUT2D eigenvalue weighted by molar-refractivity contribution is -0.117. The molecular formula is C20H25N3O3. The second kappa shape index (κ2) is 8.58. The minimum Gasteiger partial charge on any atom is -0.497 e. The van der Waals surface area contributed by atoms with E-state index in [1.807, 2.05) is 6.07 Å². The Labute approximate surface area is 154 Å². The topological polar surface area (TPSA) is 54.0 Å². The largest absolute Gasteiger partial charge is 0.497 e. The lowest BCUT2D eigenvalue weighted by Gasteiger charge is -2.35. The predicted octanol–water partition coefficient (Wildman–Crippen LogP) is 2.46. The fourth-order valence-electron chi connectivity index (χ4n) is 3.10. The molecule has 2 aromatic rings. The van der Waals surface area contributed by atoms with E-state index in [1.54, 1.807) is 32.4 Å². The van der Waals surface area contributed by atoms with Gasteiger partial charge in [0.05, 0.1) is 26.5 Å². The summed E-state index contributed by atoms with van der Waals surface area (Å²) in [7, 11) is 3.18. The number of benzene rings is 2. The summed E-state index contributed by atoms with van der Waals surface area (Å²) in [6.07, 6.45) is 0. The number of anilines is 2. The van der Waals surface area contributed by atoms with Crippen molar-refractivity contribution in [3.8, 4) is 11.5 Å². The van der Waals surface area contributed by atoms with Crippen molar-refractivity contribution in [2.45, 2.75) is 0 Å². The number of para-hydroxylation sites is 1. The van der Waals surface area contributed by atoms with E-state index in [9.17, 15) is 4.79 Å². The number of methoxy groups -OCH3 is 2. The van der Waals surface area contributed by atoms with Crippen LogP contribution in [0.2, 0.25) is 0 Å². The van der Waals surface area contributed by atoms with Crippen LogP contribution in [0.1, 0.15) is 0 Å². The zero-order valence-electron chi connectivity index (χ0n) is 15.3. The average molecular weight is 355 g/mol. The first kappa shape index (κ1) is 18.1. The van der Waals surface area contributed by atoms with Crippen LogP contribution in [-0.4, -0.2) is 57.8 Å². The Bertz CT molecular complexity index is 728. The Morgan fingerprint density at radius 2 is 1.73 bits per heavy atom. The number of hydrogen-bond donors (Lipinski definition) is 1. The molecule has 1 aliphatic heterocycles. The quantitative estimate of drug-likeness (QED) is 0.863. The summed E-state index contributed by atoms with van der Waals surface area (Å²) < 4.78 is 10.5. The lowest BCUT2D eigenvalue weighted by atomic mass is 10.2. The normalized spacial score (nSPS) is 14.8. The van der Waals surface area contributed by atoms with Gasteiger partial charge in [-0.1, -0.05) is 18.2 Å². The third kappa shape index (κ3) is 4.46. The van der Waals surface area contributed by atoms with Gasteiger partial charge in [-0.3, -0.25) is 9.69 Å². The van der Waals surface area contributed by atoms with Gasteiger partial charge in [-0.05, 0) is 24.3 Å². The summed E-state index contributed by atoms with van der Waals surface area (Å²) in [6.45, 7) is 3.94. The minimum absolute atomic E-state index is 0.0402. The Balaban J connectivity index is 1.52. The molecular weight excluding hydrogens is 330 g/mol. The van der Waals surface area contributed by atoms with Gasteiger partial charge in [0.2, 0.25) is 5.91 Å². The lowest BCUT2D eigenvalue weighted by Crippen LogP contribution is -2.48. The summed E-state index contributed by atoms with van der Waals surface area (Å²) in [6, 6.07) is 15.7. The molecule has 26 heavy (non-hydrogen) atoms. The minimum atomic E-state index is -0.0402. The van der Waals surface area contributed by atoms with Crippen LogP contribution in [0.25, 0.3) is 0 Å². The van der Waals surface area contributed by atoms with Crippen molar-refractivity contribution in [3.63, 3.8) is 0 Å². The molecule has 138 valence electrons. The second-order valence-corrected chi connectivity index (χ2v) is 6.21. The number of carbonyl (C=O) groups excluding carboxylic acids is 1. The summed E-state index contributed by atoms with van der Waals surface area (Å²) in [5.74, 6) is 1.24. The van der Waals surface area contributed by atoms with E-state index in [0.717, 1.165) is 26.2 Å². The average Bonchev–Trinajstić information content (AvgIpc) is 2.69. The number of rotatable bonds is 6. The van der Waals surface area contributed by atoms with Crippen molar-refractivity contribution in [2.75, 3.05) is 57.2 Å². The summed E-state index contributed by atoms with van der Waals surface area (Å²) in [5.41, 5.74) is 1.89. The molecule has 6 heteroatoms. The summed E-state index contributed by atoms with van der Waals surface area (Å²) in [5, 5.41) is 2.93. The first-order chi connectivity index (χ1) is 12.7. The molecule has 1 heterocycles. The summed E-state index contributed by atoms with van der Waals surface area (Å²) in [4.78, 5) is 16.9. The van der Waals surface area contributed by atoms with Gasteiger partial charge >= 0.3 is 0 Å². The van der Waals surface area contributed by atoms with Gasteiger partial charge < -0.3 is 19.7 Å². The molecule has 3 rings (SSSR count). The highest BCUT2D eigenvalue weighted by Gasteiger charge is 2.19. The van der Waals surface area contributed by atoms with Crippen LogP contribution in [-0.2, 0) is 4.79 Å². The van der Waals surface area contributed by atoms with Gasteiger partial charge in [-0.2, -0.15) is 0 Å². The van der Waals surface area contributed by atoms with Gasteiger partial charge in [0, 0.05) is 37.9 Å². The van der Waals surface area contributed by atoms with Crippen molar-refractivity contribution < 1.29 is 14.3 Å². The molecule has 6 nitrogen and oxygen atoms in total. The van der Waals surface area contributed by atoms with Crippen molar-refractivity contribution in [3.05, 3.63) is 48.5 Å². The number of amides is 1. The van der Waals surface area contributed by atoms with Gasteiger partial charge in [-0.25, -0.2) is 0 Å². The number of nitrogens with one attached hydrogen (secondary N) is 1. The molecule has 1 aliphatic rings. The SMILES string of the molecule is COc1ccc(NC(=O)CN2CCN(c3ccccc3)CC2)c(OC)c1. The zero-order chi connectivity index (χ0) is 18.4. The molecule has 0 saturated carbocycles. The second-order valence-electron chi connectivity index (χ2n) is 6.21. The number of piperazine rings is 1. The van der Waals surface area contributed by atoms with Crippen LogP contribution in [0.5, 0.6) is 11.5 Å². The van der Waals surface area contributed by atoms with Crippen LogP contribution in [0.3, 0.4) is 0 Å². The van der Waals surface area contributed by atoms with E-state index < -0.39 is 0 Å². The van der Waals surface area contributed by atoms with E-state index in [2.05, 4.69) is 39.4 Å². The summed E-state index contributed by atoms with van der Waals surface area (Å²) >= 11 is 0. The fourth-order valence-corrected chi connectivity index (χ4v) is 3.10. The third-order valence-electron chi connectivity index (χ3n) is 4.54. The smallest absolute Gasteiger partial charge is 0.238 e. The highest BCUT2D eigenvalue weighted by atomic mass is 16.5. The maximum atomic E-state index is 12.4. The van der Waals surface area contributed by atoms with Gasteiger partial charge in [-0.15, -0.1) is 0 Å². The van der Waals surface area contributed by atoms with Gasteiger partial charge in [0.25, 0.3) is 0 Å². The molecule has 0 unspecified atom stereocenters. The zero-order valence-corrected chi connectivity index (χ0v) is 15.3. The molecule has 0 aliphatic carbocycles. The van der Waals surface area contributed by atoms with E-state index in [4.69, 9.17) is 9.47 Å². The van der Waals surface area contributed by atoms with Crippen LogP contribution in [0.4, 0.5) is 11.4 Å². The molecule has 1 fully saturated rings. The third-order valence-corrected chi connectivity index (χ3v) is 4.54. The van der Waals surface area contributed by atoms with Crippen LogP contribution < -0.4 is 19.7 Å². The predicted molar refractivity (Wildman–Crippen MR) is 103 cm³/mol. The maximum Gasteiger partial charge on any atom is 0.238 e. The molecule has 0 spiro atoms. The molecule has 0 radical (unpaired) electrons. The number of ether oxygens (including phenoxy) is 2. The number of carbonyl (C=O) groups is 1.